The number of nitrogens with one attached hydrogen (secondary N) is 1. The van der Waals surface area contributed by atoms with Gasteiger partial charge in [0.05, 0.1) is 24.9 Å². The molecule has 0 unspecified atom stereocenters. The highest BCUT2D eigenvalue weighted by molar-refractivity contribution is 6.32. The molecule has 1 aliphatic rings. The molecule has 1 saturated heterocycles. The zero-order chi connectivity index (χ0) is 19.4. The molecule has 1 aromatic carbocycles. The number of anilines is 2. The highest BCUT2D eigenvalue weighted by atomic mass is 35.5. The van der Waals surface area contributed by atoms with Gasteiger partial charge in [-0.1, -0.05) is 11.6 Å². The van der Waals surface area contributed by atoms with Crippen LogP contribution in [0.3, 0.4) is 0 Å². The molecule has 0 aliphatic carbocycles. The first-order valence-corrected chi connectivity index (χ1v) is 8.89. The first kappa shape index (κ1) is 19.2. The number of hydrogen-bond acceptors (Lipinski definition) is 7. The average molecular weight is 392 g/mol. The standard InChI is InChI=1S/C18H22ClN5O3/c1-23-6-8-24(9-7-23)18-20-5-4-13(22-18)17(25)21-14-11-15(26-2)12(19)10-16(14)27-3/h4-5,10-11H,6-9H2,1-3H3,(H,21,25). The summed E-state index contributed by atoms with van der Waals surface area (Å²) in [6.45, 7) is 3.51. The minimum atomic E-state index is -0.365. The number of hydrogen-bond donors (Lipinski definition) is 1. The number of ether oxygens (including phenoxy) is 2. The Morgan fingerprint density at radius 2 is 1.85 bits per heavy atom. The molecule has 1 aromatic heterocycles. The molecular formula is C18H22ClN5O3. The molecule has 0 radical (unpaired) electrons. The molecule has 0 bridgehead atoms. The molecule has 2 heterocycles. The van der Waals surface area contributed by atoms with E-state index in [4.69, 9.17) is 21.1 Å². The predicted molar refractivity (Wildman–Crippen MR) is 104 cm³/mol. The largest absolute Gasteiger partial charge is 0.495 e. The van der Waals surface area contributed by atoms with Crippen LogP contribution < -0.4 is 19.7 Å². The third kappa shape index (κ3) is 4.40. The van der Waals surface area contributed by atoms with E-state index in [1.165, 1.54) is 14.2 Å². The number of benzene rings is 1. The molecule has 1 amide bonds. The Labute approximate surface area is 163 Å². The van der Waals surface area contributed by atoms with Gasteiger partial charge in [-0.2, -0.15) is 0 Å². The summed E-state index contributed by atoms with van der Waals surface area (Å²) in [5.74, 6) is 1.06. The van der Waals surface area contributed by atoms with Gasteiger partial charge in [-0.05, 0) is 13.1 Å². The van der Waals surface area contributed by atoms with Crippen molar-refractivity contribution in [2.24, 2.45) is 0 Å². The number of nitrogens with zero attached hydrogens (tertiary/aromatic N) is 4. The van der Waals surface area contributed by atoms with Crippen molar-refractivity contribution in [3.63, 3.8) is 0 Å². The number of carbonyl (C=O) groups excluding carboxylic acids is 1. The van der Waals surface area contributed by atoms with Gasteiger partial charge in [-0.25, -0.2) is 9.97 Å². The molecule has 8 nitrogen and oxygen atoms in total. The van der Waals surface area contributed by atoms with Crippen molar-refractivity contribution in [3.8, 4) is 11.5 Å². The maximum Gasteiger partial charge on any atom is 0.274 e. The van der Waals surface area contributed by atoms with E-state index in [0.29, 0.717) is 28.2 Å². The van der Waals surface area contributed by atoms with Crippen LogP contribution >= 0.6 is 11.6 Å². The van der Waals surface area contributed by atoms with Crippen molar-refractivity contribution in [2.75, 3.05) is 57.7 Å². The number of amides is 1. The Bertz CT molecular complexity index is 825. The lowest BCUT2D eigenvalue weighted by atomic mass is 10.2. The van der Waals surface area contributed by atoms with Crippen LogP contribution in [0.25, 0.3) is 0 Å². The molecule has 1 N–H and O–H groups in total. The fourth-order valence-electron chi connectivity index (χ4n) is 2.78. The van der Waals surface area contributed by atoms with Crippen LogP contribution in [0.15, 0.2) is 24.4 Å². The minimum absolute atomic E-state index is 0.273. The van der Waals surface area contributed by atoms with Crippen LogP contribution in [-0.2, 0) is 0 Å². The SMILES string of the molecule is COc1cc(NC(=O)c2ccnc(N3CCN(C)CC3)n2)c(OC)cc1Cl. The fraction of sp³-hybridized carbons (Fsp3) is 0.389. The zero-order valence-corrected chi connectivity index (χ0v) is 16.3. The van der Waals surface area contributed by atoms with Gasteiger partial charge in [-0.3, -0.25) is 4.79 Å². The van der Waals surface area contributed by atoms with Gasteiger partial charge < -0.3 is 24.6 Å². The Morgan fingerprint density at radius 3 is 2.52 bits per heavy atom. The summed E-state index contributed by atoms with van der Waals surface area (Å²) in [5.41, 5.74) is 0.721. The molecule has 9 heteroatoms. The summed E-state index contributed by atoms with van der Waals surface area (Å²) in [6, 6.07) is 4.78. The Balaban J connectivity index is 1.80. The van der Waals surface area contributed by atoms with Gasteiger partial charge in [0.15, 0.2) is 0 Å². The van der Waals surface area contributed by atoms with E-state index in [1.54, 1.807) is 24.4 Å². The Morgan fingerprint density at radius 1 is 1.15 bits per heavy atom. The molecule has 1 fully saturated rings. The van der Waals surface area contributed by atoms with E-state index < -0.39 is 0 Å². The molecular weight excluding hydrogens is 370 g/mol. The van der Waals surface area contributed by atoms with Crippen molar-refractivity contribution in [2.45, 2.75) is 0 Å². The van der Waals surface area contributed by atoms with Crippen molar-refractivity contribution >= 4 is 29.1 Å². The van der Waals surface area contributed by atoms with Crippen LogP contribution in [0, 0.1) is 0 Å². The minimum Gasteiger partial charge on any atom is -0.495 e. The van der Waals surface area contributed by atoms with Crippen LogP contribution in [0.4, 0.5) is 11.6 Å². The van der Waals surface area contributed by atoms with E-state index in [-0.39, 0.29) is 11.6 Å². The van der Waals surface area contributed by atoms with E-state index in [2.05, 4.69) is 32.1 Å². The lowest BCUT2D eigenvalue weighted by Gasteiger charge is -2.32. The van der Waals surface area contributed by atoms with Crippen molar-refractivity contribution < 1.29 is 14.3 Å². The first-order valence-electron chi connectivity index (χ1n) is 8.51. The molecule has 144 valence electrons. The second-order valence-corrected chi connectivity index (χ2v) is 6.58. The fourth-order valence-corrected chi connectivity index (χ4v) is 3.01. The third-order valence-electron chi connectivity index (χ3n) is 4.38. The molecule has 27 heavy (non-hydrogen) atoms. The molecule has 1 aliphatic heterocycles. The Kier molecular flexibility index (Phi) is 5.98. The van der Waals surface area contributed by atoms with Gasteiger partial charge in [0.1, 0.15) is 17.2 Å². The topological polar surface area (TPSA) is 79.8 Å². The number of methoxy groups -OCH3 is 2. The van der Waals surface area contributed by atoms with Crippen LogP contribution in [0.1, 0.15) is 10.5 Å². The van der Waals surface area contributed by atoms with Crippen LogP contribution in [-0.4, -0.2) is 68.2 Å². The number of piperazine rings is 1. The summed E-state index contributed by atoms with van der Waals surface area (Å²) < 4.78 is 10.5. The van der Waals surface area contributed by atoms with E-state index >= 15 is 0 Å². The average Bonchev–Trinajstić information content (AvgIpc) is 2.69. The van der Waals surface area contributed by atoms with Gasteiger partial charge in [-0.15, -0.1) is 0 Å². The molecule has 3 rings (SSSR count). The number of aromatic nitrogens is 2. The third-order valence-corrected chi connectivity index (χ3v) is 4.68. The summed E-state index contributed by atoms with van der Waals surface area (Å²) >= 11 is 6.10. The second-order valence-electron chi connectivity index (χ2n) is 6.17. The number of rotatable bonds is 5. The van der Waals surface area contributed by atoms with Gasteiger partial charge in [0.2, 0.25) is 5.95 Å². The van der Waals surface area contributed by atoms with E-state index in [0.717, 1.165) is 26.2 Å². The van der Waals surface area contributed by atoms with Gasteiger partial charge >= 0.3 is 0 Å². The maximum atomic E-state index is 12.7. The smallest absolute Gasteiger partial charge is 0.274 e. The number of carbonyl (C=O) groups is 1. The number of halogens is 1. The molecule has 0 spiro atoms. The first-order chi connectivity index (χ1) is 13.0. The predicted octanol–water partition coefficient (Wildman–Crippen LogP) is 2.15. The van der Waals surface area contributed by atoms with Crippen LogP contribution in [0.2, 0.25) is 5.02 Å². The zero-order valence-electron chi connectivity index (χ0n) is 15.5. The monoisotopic (exact) mass is 391 g/mol. The highest BCUT2D eigenvalue weighted by Crippen LogP contribution is 2.36. The highest BCUT2D eigenvalue weighted by Gasteiger charge is 2.19. The Hall–Kier alpha value is -2.58. The van der Waals surface area contributed by atoms with Crippen molar-refractivity contribution in [1.82, 2.24) is 14.9 Å². The quantitative estimate of drug-likeness (QED) is 0.836. The second kappa shape index (κ2) is 8.41. The van der Waals surface area contributed by atoms with Gasteiger partial charge in [0, 0.05) is 44.5 Å². The van der Waals surface area contributed by atoms with E-state index in [9.17, 15) is 4.79 Å². The maximum absolute atomic E-state index is 12.7. The van der Waals surface area contributed by atoms with Crippen LogP contribution in [0.5, 0.6) is 11.5 Å². The van der Waals surface area contributed by atoms with E-state index in [1.807, 2.05) is 0 Å². The lowest BCUT2D eigenvalue weighted by molar-refractivity contribution is 0.102. The summed E-state index contributed by atoms with van der Waals surface area (Å²) in [5, 5.41) is 3.19. The molecule has 0 atom stereocenters. The summed E-state index contributed by atoms with van der Waals surface area (Å²) in [7, 11) is 5.09. The van der Waals surface area contributed by atoms with Crippen molar-refractivity contribution in [1.29, 1.82) is 0 Å². The van der Waals surface area contributed by atoms with Gasteiger partial charge in [0.25, 0.3) is 5.91 Å². The summed E-state index contributed by atoms with van der Waals surface area (Å²) in [6.07, 6.45) is 1.59. The molecule has 0 saturated carbocycles. The van der Waals surface area contributed by atoms with Crippen molar-refractivity contribution in [3.05, 3.63) is 35.1 Å². The molecule has 2 aromatic rings. The normalized spacial score (nSPS) is 14.7. The lowest BCUT2D eigenvalue weighted by Crippen LogP contribution is -2.45. The number of likely N-dealkylation sites (N-methyl/N-ethyl adjacent to an activating group) is 1. The summed E-state index contributed by atoms with van der Waals surface area (Å²) in [4.78, 5) is 25.7.